The van der Waals surface area contributed by atoms with Gasteiger partial charge in [-0.25, -0.2) is 4.98 Å². The number of fused-ring (bicyclic) bond motifs is 1. The second kappa shape index (κ2) is 7.58. The first kappa shape index (κ1) is 17.2. The van der Waals surface area contributed by atoms with E-state index in [0.29, 0.717) is 11.7 Å². The smallest absolute Gasteiger partial charge is 0.230 e. The summed E-state index contributed by atoms with van der Waals surface area (Å²) in [4.78, 5) is 15.3. The summed E-state index contributed by atoms with van der Waals surface area (Å²) in [6.07, 6.45) is 5.60. The van der Waals surface area contributed by atoms with E-state index in [-0.39, 0.29) is 0 Å². The highest BCUT2D eigenvalue weighted by Crippen LogP contribution is 2.30. The lowest BCUT2D eigenvalue weighted by molar-refractivity contribution is 0.192. The molecule has 4 rings (SSSR count). The lowest BCUT2D eigenvalue weighted by Gasteiger charge is -2.30. The van der Waals surface area contributed by atoms with Crippen LogP contribution in [0.5, 0.6) is 0 Å². The van der Waals surface area contributed by atoms with Crippen molar-refractivity contribution in [2.24, 2.45) is 0 Å². The Morgan fingerprint density at radius 1 is 1.19 bits per heavy atom. The summed E-state index contributed by atoms with van der Waals surface area (Å²) in [5, 5.41) is 4.26. The Morgan fingerprint density at radius 2 is 2.04 bits per heavy atom. The number of unbranched alkanes of at least 4 members (excludes halogenated alkanes) is 1. The molecule has 3 heterocycles. The van der Waals surface area contributed by atoms with Crippen molar-refractivity contribution in [3.8, 4) is 11.4 Å². The van der Waals surface area contributed by atoms with Gasteiger partial charge in [0.2, 0.25) is 11.7 Å². The van der Waals surface area contributed by atoms with E-state index < -0.39 is 0 Å². The SMILES string of the molecule is CCCCN1CCC(c2nc(-c3cccc4[nH]c(CC)nc34)no2)CC1. The van der Waals surface area contributed by atoms with Crippen LogP contribution in [0.15, 0.2) is 22.7 Å². The van der Waals surface area contributed by atoms with Crippen molar-refractivity contribution in [3.05, 3.63) is 29.9 Å². The van der Waals surface area contributed by atoms with E-state index in [2.05, 4.69) is 33.9 Å². The molecule has 6 heteroatoms. The van der Waals surface area contributed by atoms with Crippen molar-refractivity contribution in [2.45, 2.75) is 51.9 Å². The maximum absolute atomic E-state index is 5.64. The molecule has 138 valence electrons. The molecule has 0 amide bonds. The predicted molar refractivity (Wildman–Crippen MR) is 102 cm³/mol. The van der Waals surface area contributed by atoms with Gasteiger partial charge in [-0.15, -0.1) is 0 Å². The van der Waals surface area contributed by atoms with Gasteiger partial charge in [-0.05, 0) is 51.0 Å². The van der Waals surface area contributed by atoms with E-state index >= 15 is 0 Å². The molecular weight excluding hydrogens is 326 g/mol. The lowest BCUT2D eigenvalue weighted by Crippen LogP contribution is -2.33. The minimum absolute atomic E-state index is 0.374. The molecule has 0 atom stereocenters. The number of likely N-dealkylation sites (tertiary alicyclic amines) is 1. The molecule has 0 unspecified atom stereocenters. The zero-order valence-corrected chi connectivity index (χ0v) is 15.7. The van der Waals surface area contributed by atoms with Crippen molar-refractivity contribution < 1.29 is 4.52 Å². The number of piperidine rings is 1. The van der Waals surface area contributed by atoms with Crippen molar-refractivity contribution in [3.63, 3.8) is 0 Å². The second-order valence-electron chi connectivity index (χ2n) is 7.16. The highest BCUT2D eigenvalue weighted by atomic mass is 16.5. The molecule has 1 aliphatic heterocycles. The third-order valence-electron chi connectivity index (χ3n) is 5.34. The van der Waals surface area contributed by atoms with Gasteiger partial charge in [-0.2, -0.15) is 4.98 Å². The summed E-state index contributed by atoms with van der Waals surface area (Å²) in [7, 11) is 0. The maximum Gasteiger partial charge on any atom is 0.230 e. The summed E-state index contributed by atoms with van der Waals surface area (Å²) in [6.45, 7) is 7.79. The van der Waals surface area contributed by atoms with Crippen molar-refractivity contribution in [2.75, 3.05) is 19.6 Å². The average Bonchev–Trinajstić information content (AvgIpc) is 3.33. The van der Waals surface area contributed by atoms with Crippen LogP contribution in [0, 0.1) is 0 Å². The number of aromatic nitrogens is 4. The van der Waals surface area contributed by atoms with Gasteiger partial charge in [-0.3, -0.25) is 0 Å². The molecule has 0 spiro atoms. The Hall–Kier alpha value is -2.21. The number of hydrogen-bond acceptors (Lipinski definition) is 5. The van der Waals surface area contributed by atoms with Crippen LogP contribution in [0.2, 0.25) is 0 Å². The Kier molecular flexibility index (Phi) is 5.02. The molecule has 1 aliphatic rings. The molecule has 0 radical (unpaired) electrons. The van der Waals surface area contributed by atoms with Crippen LogP contribution in [0.1, 0.15) is 57.2 Å². The standard InChI is InChI=1S/C20H27N5O/c1-3-5-11-25-12-9-14(10-13-25)20-23-19(24-26-20)15-7-6-8-16-18(15)22-17(4-2)21-16/h6-8,14H,3-5,9-13H2,1-2H3,(H,21,22). The minimum Gasteiger partial charge on any atom is -0.342 e. The van der Waals surface area contributed by atoms with Crippen molar-refractivity contribution in [1.82, 2.24) is 25.0 Å². The molecule has 26 heavy (non-hydrogen) atoms. The summed E-state index contributed by atoms with van der Waals surface area (Å²) < 4.78 is 5.64. The van der Waals surface area contributed by atoms with Crippen LogP contribution in [-0.4, -0.2) is 44.6 Å². The van der Waals surface area contributed by atoms with Crippen LogP contribution in [0.4, 0.5) is 0 Å². The summed E-state index contributed by atoms with van der Waals surface area (Å²) in [6, 6.07) is 6.07. The fraction of sp³-hybridized carbons (Fsp3) is 0.550. The normalized spacial score (nSPS) is 16.5. The summed E-state index contributed by atoms with van der Waals surface area (Å²) in [5.74, 6) is 2.78. The van der Waals surface area contributed by atoms with E-state index in [0.717, 1.165) is 60.7 Å². The van der Waals surface area contributed by atoms with Crippen LogP contribution in [0.25, 0.3) is 22.4 Å². The average molecular weight is 353 g/mol. The van der Waals surface area contributed by atoms with Gasteiger partial charge >= 0.3 is 0 Å². The third-order valence-corrected chi connectivity index (χ3v) is 5.34. The van der Waals surface area contributed by atoms with E-state index in [1.807, 2.05) is 18.2 Å². The highest BCUT2D eigenvalue weighted by molar-refractivity contribution is 5.89. The van der Waals surface area contributed by atoms with Gasteiger partial charge < -0.3 is 14.4 Å². The zero-order valence-electron chi connectivity index (χ0n) is 15.7. The lowest BCUT2D eigenvalue weighted by atomic mass is 9.96. The van der Waals surface area contributed by atoms with Gasteiger partial charge in [0, 0.05) is 12.3 Å². The van der Waals surface area contributed by atoms with E-state index in [9.17, 15) is 0 Å². The van der Waals surface area contributed by atoms with Gasteiger partial charge in [-0.1, -0.05) is 31.5 Å². The molecule has 1 fully saturated rings. The molecule has 1 aromatic carbocycles. The van der Waals surface area contributed by atoms with Crippen molar-refractivity contribution in [1.29, 1.82) is 0 Å². The first-order valence-corrected chi connectivity index (χ1v) is 9.82. The summed E-state index contributed by atoms with van der Waals surface area (Å²) in [5.41, 5.74) is 2.88. The first-order valence-electron chi connectivity index (χ1n) is 9.82. The Labute approximate surface area is 154 Å². The number of H-pyrrole nitrogens is 1. The second-order valence-corrected chi connectivity index (χ2v) is 7.16. The quantitative estimate of drug-likeness (QED) is 0.721. The first-order chi connectivity index (χ1) is 12.8. The molecule has 1 N–H and O–H groups in total. The Morgan fingerprint density at radius 3 is 2.81 bits per heavy atom. The number of aromatic amines is 1. The number of nitrogens with zero attached hydrogens (tertiary/aromatic N) is 4. The number of aryl methyl sites for hydroxylation is 1. The van der Waals surface area contributed by atoms with E-state index in [1.54, 1.807) is 0 Å². The Bertz CT molecular complexity index is 860. The fourth-order valence-corrected chi connectivity index (χ4v) is 3.73. The van der Waals surface area contributed by atoms with Crippen molar-refractivity contribution >= 4 is 11.0 Å². The molecule has 6 nitrogen and oxygen atoms in total. The maximum atomic E-state index is 5.64. The number of nitrogens with one attached hydrogen (secondary N) is 1. The number of hydrogen-bond donors (Lipinski definition) is 1. The molecule has 0 bridgehead atoms. The number of para-hydroxylation sites is 1. The van der Waals surface area contributed by atoms with E-state index in [1.165, 1.54) is 19.4 Å². The molecular formula is C20H27N5O. The Balaban J connectivity index is 1.51. The van der Waals surface area contributed by atoms with Crippen LogP contribution in [0.3, 0.4) is 0 Å². The van der Waals surface area contributed by atoms with Crippen LogP contribution < -0.4 is 0 Å². The molecule has 0 saturated carbocycles. The zero-order chi connectivity index (χ0) is 17.9. The number of benzene rings is 1. The molecule has 0 aliphatic carbocycles. The van der Waals surface area contributed by atoms with Gasteiger partial charge in [0.05, 0.1) is 16.6 Å². The van der Waals surface area contributed by atoms with Crippen LogP contribution in [-0.2, 0) is 6.42 Å². The number of imidazole rings is 1. The summed E-state index contributed by atoms with van der Waals surface area (Å²) >= 11 is 0. The monoisotopic (exact) mass is 353 g/mol. The van der Waals surface area contributed by atoms with Gasteiger partial charge in [0.25, 0.3) is 0 Å². The number of rotatable bonds is 6. The molecule has 3 aromatic rings. The third kappa shape index (κ3) is 3.38. The fourth-order valence-electron chi connectivity index (χ4n) is 3.73. The largest absolute Gasteiger partial charge is 0.342 e. The van der Waals surface area contributed by atoms with Crippen LogP contribution >= 0.6 is 0 Å². The van der Waals surface area contributed by atoms with Gasteiger partial charge in [0.15, 0.2) is 0 Å². The van der Waals surface area contributed by atoms with Gasteiger partial charge in [0.1, 0.15) is 5.82 Å². The highest BCUT2D eigenvalue weighted by Gasteiger charge is 2.25. The molecule has 2 aromatic heterocycles. The predicted octanol–water partition coefficient (Wildman–Crippen LogP) is 4.15. The topological polar surface area (TPSA) is 70.8 Å². The minimum atomic E-state index is 0.374. The molecule has 1 saturated heterocycles. The van der Waals surface area contributed by atoms with E-state index in [4.69, 9.17) is 9.51 Å².